The fraction of sp³-hybridized carbons (Fsp3) is 0.273. The molecule has 0 aliphatic carbocycles. The molecule has 9 nitrogen and oxygen atoms in total. The molecule has 2 heterocycles. The number of rotatable bonds is 2. The van der Waals surface area contributed by atoms with E-state index in [9.17, 15) is 24.5 Å². The second kappa shape index (κ2) is 5.44. The number of nitrogens with zero attached hydrogens (tertiary/aromatic N) is 3. The van der Waals surface area contributed by atoms with Gasteiger partial charge in [0.25, 0.3) is 11.6 Å². The van der Waals surface area contributed by atoms with Crippen LogP contribution in [0.5, 0.6) is 0 Å². The number of nitrogens with one attached hydrogen (secondary N) is 1. The highest BCUT2D eigenvalue weighted by Gasteiger charge is 2.35. The van der Waals surface area contributed by atoms with Gasteiger partial charge in [0, 0.05) is 6.07 Å². The van der Waals surface area contributed by atoms with Gasteiger partial charge in [-0.05, 0) is 6.92 Å². The number of halogens is 1. The smallest absolute Gasteiger partial charge is 0.288 e. The van der Waals surface area contributed by atoms with Crippen molar-refractivity contribution >= 4 is 35.0 Å². The highest BCUT2D eigenvalue weighted by Crippen LogP contribution is 2.22. The number of piperazine rings is 1. The van der Waals surface area contributed by atoms with E-state index in [0.29, 0.717) is 0 Å². The molecule has 21 heavy (non-hydrogen) atoms. The van der Waals surface area contributed by atoms with Crippen LogP contribution in [0.25, 0.3) is 0 Å². The number of amides is 3. The summed E-state index contributed by atoms with van der Waals surface area (Å²) >= 11 is 5.77. The minimum atomic E-state index is -0.898. The first-order valence-corrected chi connectivity index (χ1v) is 6.13. The van der Waals surface area contributed by atoms with Gasteiger partial charge in [-0.25, -0.2) is 4.98 Å². The maximum atomic E-state index is 12.3. The van der Waals surface area contributed by atoms with Crippen molar-refractivity contribution in [1.29, 1.82) is 0 Å². The average molecular weight is 313 g/mol. The van der Waals surface area contributed by atoms with Crippen LogP contribution < -0.4 is 5.32 Å². The Morgan fingerprint density at radius 2 is 2.24 bits per heavy atom. The largest absolute Gasteiger partial charge is 0.317 e. The number of hydrogen-bond acceptors (Lipinski definition) is 6. The predicted octanol–water partition coefficient (Wildman–Crippen LogP) is 0.130. The highest BCUT2D eigenvalue weighted by molar-refractivity contribution is 6.32. The van der Waals surface area contributed by atoms with Crippen molar-refractivity contribution in [3.05, 3.63) is 33.1 Å². The first-order valence-electron chi connectivity index (χ1n) is 5.76. The monoisotopic (exact) mass is 312 g/mol. The molecule has 0 bridgehead atoms. The number of hydrogen-bond donors (Lipinski definition) is 1. The zero-order valence-corrected chi connectivity index (χ0v) is 11.5. The molecular weight excluding hydrogens is 304 g/mol. The van der Waals surface area contributed by atoms with E-state index in [1.54, 1.807) is 0 Å². The molecule has 1 N–H and O–H groups in total. The number of carbonyl (C=O) groups excluding carboxylic acids is 3. The van der Waals surface area contributed by atoms with Gasteiger partial charge in [0.05, 0.1) is 10.5 Å². The molecular formula is C11H9ClN4O5. The van der Waals surface area contributed by atoms with E-state index in [1.807, 2.05) is 0 Å². The Kier molecular flexibility index (Phi) is 3.85. The third-order valence-electron chi connectivity index (χ3n) is 2.95. The van der Waals surface area contributed by atoms with Crippen molar-refractivity contribution in [3.8, 4) is 0 Å². The van der Waals surface area contributed by atoms with Gasteiger partial charge in [-0.1, -0.05) is 11.6 Å². The molecule has 3 amide bonds. The number of carbonyl (C=O) groups is 3. The molecule has 1 atom stereocenters. The number of aromatic nitrogens is 1. The number of nitro groups is 1. The molecule has 0 radical (unpaired) electrons. The summed E-state index contributed by atoms with van der Waals surface area (Å²) in [5.41, 5.74) is -0.650. The first-order chi connectivity index (χ1) is 9.81. The van der Waals surface area contributed by atoms with Crippen molar-refractivity contribution in [1.82, 2.24) is 15.2 Å². The van der Waals surface area contributed by atoms with Gasteiger partial charge in [-0.2, -0.15) is 0 Å². The van der Waals surface area contributed by atoms with Gasteiger partial charge in [0.2, 0.25) is 11.8 Å². The average Bonchev–Trinajstić information content (AvgIpc) is 2.42. The van der Waals surface area contributed by atoms with Crippen LogP contribution in [0.2, 0.25) is 5.15 Å². The Labute approximate surface area is 123 Å². The molecule has 2 rings (SSSR count). The van der Waals surface area contributed by atoms with Crippen molar-refractivity contribution in [3.63, 3.8) is 0 Å². The first kappa shape index (κ1) is 14.9. The molecule has 0 aromatic carbocycles. The summed E-state index contributed by atoms with van der Waals surface area (Å²) in [4.78, 5) is 49.8. The third-order valence-corrected chi connectivity index (χ3v) is 3.25. The van der Waals surface area contributed by atoms with E-state index < -0.39 is 34.4 Å². The Bertz CT molecular complexity index is 662. The Balaban J connectivity index is 2.39. The molecule has 1 aliphatic heterocycles. The van der Waals surface area contributed by atoms with Gasteiger partial charge in [-0.3, -0.25) is 29.8 Å². The normalized spacial score (nSPS) is 18.4. The topological polar surface area (TPSA) is 123 Å². The summed E-state index contributed by atoms with van der Waals surface area (Å²) in [6.45, 7) is 1.09. The molecule has 1 aromatic heterocycles. The van der Waals surface area contributed by atoms with Gasteiger partial charge in [-0.15, -0.1) is 0 Å². The van der Waals surface area contributed by atoms with E-state index >= 15 is 0 Å². The van der Waals surface area contributed by atoms with Crippen LogP contribution in [0.15, 0.2) is 12.3 Å². The van der Waals surface area contributed by atoms with Crippen LogP contribution in [0.3, 0.4) is 0 Å². The number of pyridine rings is 1. The number of imide groups is 1. The molecule has 1 aromatic rings. The van der Waals surface area contributed by atoms with Crippen LogP contribution >= 0.6 is 11.6 Å². The molecule has 0 spiro atoms. The van der Waals surface area contributed by atoms with Gasteiger partial charge < -0.3 is 4.90 Å². The molecule has 1 saturated heterocycles. The predicted molar refractivity (Wildman–Crippen MR) is 69.5 cm³/mol. The molecule has 0 saturated carbocycles. The summed E-state index contributed by atoms with van der Waals surface area (Å²) in [5.74, 6) is -2.04. The van der Waals surface area contributed by atoms with E-state index in [-0.39, 0.29) is 17.3 Å². The van der Waals surface area contributed by atoms with E-state index in [0.717, 1.165) is 17.2 Å². The standard InChI is InChI=1S/C11H9ClN4O5/c1-5-10(18)14-8(17)4-15(5)11(19)7-2-6(16(20)21)3-13-9(7)12/h2-3,5H,4H2,1H3,(H,14,17,18). The zero-order valence-electron chi connectivity index (χ0n) is 10.7. The minimum absolute atomic E-state index is 0.236. The van der Waals surface area contributed by atoms with Crippen molar-refractivity contribution < 1.29 is 19.3 Å². The highest BCUT2D eigenvalue weighted by atomic mass is 35.5. The summed E-state index contributed by atoms with van der Waals surface area (Å²) < 4.78 is 0. The minimum Gasteiger partial charge on any atom is -0.317 e. The third kappa shape index (κ3) is 2.82. The van der Waals surface area contributed by atoms with Gasteiger partial charge in [0.1, 0.15) is 23.9 Å². The Morgan fingerprint density at radius 1 is 1.57 bits per heavy atom. The summed E-state index contributed by atoms with van der Waals surface area (Å²) in [6.07, 6.45) is 0.913. The lowest BCUT2D eigenvalue weighted by Gasteiger charge is -2.31. The zero-order chi connectivity index (χ0) is 15.7. The lowest BCUT2D eigenvalue weighted by atomic mass is 10.1. The van der Waals surface area contributed by atoms with Crippen molar-refractivity contribution in [2.24, 2.45) is 0 Å². The SMILES string of the molecule is CC1C(=O)NC(=O)CN1C(=O)c1cc([N+](=O)[O-])cnc1Cl. The molecule has 1 fully saturated rings. The summed E-state index contributed by atoms with van der Waals surface area (Å²) in [6, 6.07) is 0.0620. The second-order valence-corrected chi connectivity index (χ2v) is 4.67. The van der Waals surface area contributed by atoms with Crippen molar-refractivity contribution in [2.45, 2.75) is 13.0 Å². The fourth-order valence-corrected chi connectivity index (χ4v) is 1.99. The molecule has 10 heteroatoms. The van der Waals surface area contributed by atoms with Crippen LogP contribution in [0, 0.1) is 10.1 Å². The summed E-state index contributed by atoms with van der Waals surface area (Å²) in [7, 11) is 0. The van der Waals surface area contributed by atoms with Crippen molar-refractivity contribution in [2.75, 3.05) is 6.54 Å². The Hall–Kier alpha value is -2.55. The maximum Gasteiger partial charge on any atom is 0.288 e. The molecule has 1 unspecified atom stereocenters. The maximum absolute atomic E-state index is 12.3. The van der Waals surface area contributed by atoms with Gasteiger partial charge >= 0.3 is 0 Å². The van der Waals surface area contributed by atoms with E-state index in [2.05, 4.69) is 10.3 Å². The van der Waals surface area contributed by atoms with Crippen LogP contribution in [-0.4, -0.2) is 45.1 Å². The second-order valence-electron chi connectivity index (χ2n) is 4.31. The lowest BCUT2D eigenvalue weighted by molar-refractivity contribution is -0.385. The lowest BCUT2D eigenvalue weighted by Crippen LogP contribution is -2.58. The Morgan fingerprint density at radius 3 is 2.86 bits per heavy atom. The van der Waals surface area contributed by atoms with E-state index in [4.69, 9.17) is 11.6 Å². The van der Waals surface area contributed by atoms with Gasteiger partial charge in [0.15, 0.2) is 0 Å². The van der Waals surface area contributed by atoms with Crippen LogP contribution in [0.1, 0.15) is 17.3 Å². The van der Waals surface area contributed by atoms with E-state index in [1.165, 1.54) is 6.92 Å². The fourth-order valence-electron chi connectivity index (χ4n) is 1.80. The molecule has 1 aliphatic rings. The quantitative estimate of drug-likeness (QED) is 0.358. The van der Waals surface area contributed by atoms with Crippen LogP contribution in [-0.2, 0) is 9.59 Å². The molecule has 110 valence electrons. The van der Waals surface area contributed by atoms with Crippen LogP contribution in [0.4, 0.5) is 5.69 Å². The summed E-state index contributed by atoms with van der Waals surface area (Å²) in [5, 5.41) is 12.6.